The van der Waals surface area contributed by atoms with Crippen molar-refractivity contribution in [2.24, 2.45) is 0 Å². The summed E-state index contributed by atoms with van der Waals surface area (Å²) in [5, 5.41) is 0. The van der Waals surface area contributed by atoms with E-state index in [1.165, 1.54) is 26.7 Å². The Kier molecular flexibility index (Phi) is 4.63. The van der Waals surface area contributed by atoms with Crippen LogP contribution in [0.3, 0.4) is 0 Å². The molecule has 0 saturated carbocycles. The van der Waals surface area contributed by atoms with Crippen LogP contribution in [0.15, 0.2) is 46.9 Å². The molecule has 0 aliphatic rings. The lowest BCUT2D eigenvalue weighted by Crippen LogP contribution is -1.96. The van der Waals surface area contributed by atoms with E-state index in [0.717, 1.165) is 6.42 Å². The zero-order valence-electron chi connectivity index (χ0n) is 10.6. The van der Waals surface area contributed by atoms with E-state index in [9.17, 15) is 0 Å². The van der Waals surface area contributed by atoms with Crippen LogP contribution in [0.2, 0.25) is 0 Å². The molecule has 1 atom stereocenters. The smallest absolute Gasteiger partial charge is 0.0435 e. The molecule has 18 heavy (non-hydrogen) atoms. The van der Waals surface area contributed by atoms with Crippen molar-refractivity contribution in [3.8, 4) is 0 Å². The molecule has 0 spiro atoms. The first-order valence-corrected chi connectivity index (χ1v) is 7.73. The van der Waals surface area contributed by atoms with Crippen LogP contribution in [0.4, 0.5) is 0 Å². The van der Waals surface area contributed by atoms with Gasteiger partial charge in [-0.15, -0.1) is 0 Å². The Labute approximate surface area is 126 Å². The van der Waals surface area contributed by atoms with Crippen molar-refractivity contribution in [2.75, 3.05) is 0 Å². The summed E-state index contributed by atoms with van der Waals surface area (Å²) in [7, 11) is 0. The number of benzene rings is 2. The summed E-state index contributed by atoms with van der Waals surface area (Å²) in [6.07, 6.45) is 1.02. The summed E-state index contributed by atoms with van der Waals surface area (Å²) in [5.74, 6) is 0. The van der Waals surface area contributed by atoms with Gasteiger partial charge >= 0.3 is 0 Å². The minimum absolute atomic E-state index is 0.368. The number of hydrogen-bond donors (Lipinski definition) is 0. The minimum Gasteiger partial charge on any atom is -0.0835 e. The predicted molar refractivity (Wildman–Crippen MR) is 85.4 cm³/mol. The maximum absolute atomic E-state index is 3.78. The van der Waals surface area contributed by atoms with Crippen LogP contribution in [-0.2, 0) is 6.42 Å². The molecule has 0 bridgehead atoms. The highest BCUT2D eigenvalue weighted by Gasteiger charge is 2.09. The molecule has 0 aromatic heterocycles. The number of alkyl halides is 1. The molecule has 0 saturated heterocycles. The quantitative estimate of drug-likeness (QED) is 0.606. The van der Waals surface area contributed by atoms with Crippen LogP contribution in [0, 0.1) is 13.8 Å². The molecule has 2 heteroatoms. The summed E-state index contributed by atoms with van der Waals surface area (Å²) in [4.78, 5) is 0.368. The van der Waals surface area contributed by atoms with E-state index in [1.807, 2.05) is 0 Å². The van der Waals surface area contributed by atoms with Gasteiger partial charge in [0.15, 0.2) is 0 Å². The molecule has 0 N–H and O–H groups in total. The number of rotatable bonds is 3. The van der Waals surface area contributed by atoms with Gasteiger partial charge in [0.2, 0.25) is 0 Å². The SMILES string of the molecule is Cc1ccc(CC(Br)c2ccc(Br)c(C)c2)cc1. The van der Waals surface area contributed by atoms with Crippen LogP contribution in [0.5, 0.6) is 0 Å². The lowest BCUT2D eigenvalue weighted by atomic mass is 10.0. The van der Waals surface area contributed by atoms with Gasteiger partial charge in [-0.05, 0) is 43.0 Å². The van der Waals surface area contributed by atoms with E-state index in [1.54, 1.807) is 0 Å². The Balaban J connectivity index is 2.13. The lowest BCUT2D eigenvalue weighted by molar-refractivity contribution is 0.945. The lowest BCUT2D eigenvalue weighted by Gasteiger charge is -2.12. The predicted octanol–water partition coefficient (Wildman–Crippen LogP) is 5.74. The Morgan fingerprint density at radius 3 is 2.28 bits per heavy atom. The molecule has 0 nitrogen and oxygen atoms in total. The van der Waals surface area contributed by atoms with Gasteiger partial charge in [0.25, 0.3) is 0 Å². The minimum atomic E-state index is 0.368. The van der Waals surface area contributed by atoms with Crippen LogP contribution in [0.25, 0.3) is 0 Å². The molecule has 1 unspecified atom stereocenters. The largest absolute Gasteiger partial charge is 0.0835 e. The first kappa shape index (κ1) is 13.8. The second kappa shape index (κ2) is 6.03. The van der Waals surface area contributed by atoms with Gasteiger partial charge in [0, 0.05) is 9.30 Å². The van der Waals surface area contributed by atoms with E-state index >= 15 is 0 Å². The maximum atomic E-state index is 3.78. The van der Waals surface area contributed by atoms with Crippen molar-refractivity contribution in [3.63, 3.8) is 0 Å². The van der Waals surface area contributed by atoms with Crippen LogP contribution in [-0.4, -0.2) is 0 Å². The molecule has 2 aromatic rings. The third-order valence-electron chi connectivity index (χ3n) is 3.08. The number of halogens is 2. The van der Waals surface area contributed by atoms with Crippen molar-refractivity contribution in [1.29, 1.82) is 0 Å². The van der Waals surface area contributed by atoms with Gasteiger partial charge in [-0.3, -0.25) is 0 Å². The molecule has 0 amide bonds. The van der Waals surface area contributed by atoms with E-state index in [-0.39, 0.29) is 0 Å². The summed E-state index contributed by atoms with van der Waals surface area (Å²) in [6, 6.07) is 15.3. The first-order valence-electron chi connectivity index (χ1n) is 6.02. The second-order valence-electron chi connectivity index (χ2n) is 4.67. The third-order valence-corrected chi connectivity index (χ3v) is 4.82. The fourth-order valence-corrected chi connectivity index (χ4v) is 2.82. The van der Waals surface area contributed by atoms with Gasteiger partial charge < -0.3 is 0 Å². The highest BCUT2D eigenvalue weighted by Crippen LogP contribution is 2.29. The van der Waals surface area contributed by atoms with Gasteiger partial charge in [0.05, 0.1) is 0 Å². The second-order valence-corrected chi connectivity index (χ2v) is 6.63. The van der Waals surface area contributed by atoms with Gasteiger partial charge in [0.1, 0.15) is 0 Å². The fraction of sp³-hybridized carbons (Fsp3) is 0.250. The summed E-state index contributed by atoms with van der Waals surface area (Å²) in [5.41, 5.74) is 5.28. The topological polar surface area (TPSA) is 0 Å². The van der Waals surface area contributed by atoms with Gasteiger partial charge in [-0.25, -0.2) is 0 Å². The Hall–Kier alpha value is -0.600. The van der Waals surface area contributed by atoms with Crippen LogP contribution in [0.1, 0.15) is 27.1 Å². The van der Waals surface area contributed by atoms with Crippen molar-refractivity contribution in [3.05, 3.63) is 69.2 Å². The highest BCUT2D eigenvalue weighted by molar-refractivity contribution is 9.10. The van der Waals surface area contributed by atoms with E-state index in [0.29, 0.717) is 4.83 Å². The van der Waals surface area contributed by atoms with Gasteiger partial charge in [-0.2, -0.15) is 0 Å². The molecule has 0 fully saturated rings. The Morgan fingerprint density at radius 2 is 1.67 bits per heavy atom. The van der Waals surface area contributed by atoms with Crippen LogP contribution < -0.4 is 0 Å². The molecular weight excluding hydrogens is 352 g/mol. The molecule has 94 valence electrons. The van der Waals surface area contributed by atoms with Crippen molar-refractivity contribution in [1.82, 2.24) is 0 Å². The van der Waals surface area contributed by atoms with Crippen molar-refractivity contribution >= 4 is 31.9 Å². The van der Waals surface area contributed by atoms with Gasteiger partial charge in [-0.1, -0.05) is 73.8 Å². The first-order chi connectivity index (χ1) is 8.56. The maximum Gasteiger partial charge on any atom is 0.0435 e. The molecule has 0 aliphatic heterocycles. The van der Waals surface area contributed by atoms with E-state index < -0.39 is 0 Å². The molecular formula is C16H16Br2. The monoisotopic (exact) mass is 366 g/mol. The standard InChI is InChI=1S/C16H16Br2/c1-11-3-5-13(6-4-11)10-16(18)14-7-8-15(17)12(2)9-14/h3-9,16H,10H2,1-2H3. The molecule has 0 aliphatic carbocycles. The average molecular weight is 368 g/mol. The van der Waals surface area contributed by atoms with Crippen molar-refractivity contribution < 1.29 is 0 Å². The fourth-order valence-electron chi connectivity index (χ4n) is 1.91. The zero-order chi connectivity index (χ0) is 13.1. The van der Waals surface area contributed by atoms with Crippen LogP contribution >= 0.6 is 31.9 Å². The third kappa shape index (κ3) is 3.46. The summed E-state index contributed by atoms with van der Waals surface area (Å²) in [6.45, 7) is 4.24. The molecule has 0 radical (unpaired) electrons. The van der Waals surface area contributed by atoms with E-state index in [4.69, 9.17) is 0 Å². The molecule has 2 aromatic carbocycles. The number of hydrogen-bond acceptors (Lipinski definition) is 0. The Bertz CT molecular complexity index is 529. The number of aryl methyl sites for hydroxylation is 2. The Morgan fingerprint density at radius 1 is 1.00 bits per heavy atom. The summed E-state index contributed by atoms with van der Waals surface area (Å²) < 4.78 is 1.17. The normalized spacial score (nSPS) is 12.4. The zero-order valence-corrected chi connectivity index (χ0v) is 13.8. The molecule has 0 heterocycles. The van der Waals surface area contributed by atoms with E-state index in [2.05, 4.69) is 88.2 Å². The summed E-state index contributed by atoms with van der Waals surface area (Å²) >= 11 is 7.32. The average Bonchev–Trinajstić information content (AvgIpc) is 2.35. The highest BCUT2D eigenvalue weighted by atomic mass is 79.9. The van der Waals surface area contributed by atoms with Crippen molar-refractivity contribution in [2.45, 2.75) is 25.1 Å². The molecule has 2 rings (SSSR count).